The van der Waals surface area contributed by atoms with Gasteiger partial charge in [-0.2, -0.15) is 17.6 Å². The molecule has 150 valence electrons. The second-order valence-electron chi connectivity index (χ2n) is 5.24. The molecule has 0 aliphatic carbocycles. The summed E-state index contributed by atoms with van der Waals surface area (Å²) in [5, 5.41) is 2.55. The molecule has 2 aromatic rings. The molecule has 0 aliphatic heterocycles. The van der Waals surface area contributed by atoms with Gasteiger partial charge < -0.3 is 19.5 Å². The van der Waals surface area contributed by atoms with Gasteiger partial charge in [-0.1, -0.05) is 6.07 Å². The highest BCUT2D eigenvalue weighted by molar-refractivity contribution is 6.01. The Morgan fingerprint density at radius 1 is 1.00 bits per heavy atom. The van der Waals surface area contributed by atoms with Gasteiger partial charge in [0.05, 0.1) is 6.61 Å². The summed E-state index contributed by atoms with van der Waals surface area (Å²) in [6.07, 6.45) is 2.68. The zero-order valence-electron chi connectivity index (χ0n) is 14.7. The second-order valence-corrected chi connectivity index (χ2v) is 5.24. The Bertz CT molecular complexity index is 810. The van der Waals surface area contributed by atoms with Gasteiger partial charge in [0.25, 0.3) is 0 Å². The van der Waals surface area contributed by atoms with Crippen molar-refractivity contribution in [2.45, 2.75) is 20.1 Å². The summed E-state index contributed by atoms with van der Waals surface area (Å²) in [6, 6.07) is 9.67. The number of carbonyl (C=O) groups excluding carboxylic acids is 1. The van der Waals surface area contributed by atoms with Gasteiger partial charge >= 0.3 is 13.2 Å². The van der Waals surface area contributed by atoms with Crippen LogP contribution in [0.3, 0.4) is 0 Å². The van der Waals surface area contributed by atoms with E-state index in [2.05, 4.69) is 14.8 Å². The third kappa shape index (κ3) is 6.82. The van der Waals surface area contributed by atoms with E-state index in [9.17, 15) is 22.4 Å². The Balaban J connectivity index is 2.02. The van der Waals surface area contributed by atoms with E-state index in [0.717, 1.165) is 0 Å². The lowest BCUT2D eigenvalue weighted by Gasteiger charge is -2.11. The minimum Gasteiger partial charge on any atom is -0.490 e. The van der Waals surface area contributed by atoms with Crippen molar-refractivity contribution in [1.82, 2.24) is 0 Å². The Kier molecular flexibility index (Phi) is 7.67. The van der Waals surface area contributed by atoms with Crippen LogP contribution in [0, 0.1) is 0 Å². The van der Waals surface area contributed by atoms with Crippen LogP contribution in [-0.2, 0) is 4.79 Å². The van der Waals surface area contributed by atoms with Gasteiger partial charge in [-0.05, 0) is 55.0 Å². The van der Waals surface area contributed by atoms with Crippen molar-refractivity contribution in [1.29, 1.82) is 0 Å². The number of alkyl halides is 4. The summed E-state index contributed by atoms with van der Waals surface area (Å²) >= 11 is 0. The molecule has 0 heterocycles. The van der Waals surface area contributed by atoms with Crippen LogP contribution in [0.25, 0.3) is 6.08 Å². The van der Waals surface area contributed by atoms with Crippen molar-refractivity contribution >= 4 is 17.7 Å². The van der Waals surface area contributed by atoms with Gasteiger partial charge in [-0.15, -0.1) is 0 Å². The van der Waals surface area contributed by atoms with Gasteiger partial charge in [0.2, 0.25) is 5.91 Å². The van der Waals surface area contributed by atoms with Crippen molar-refractivity contribution in [2.24, 2.45) is 0 Å². The summed E-state index contributed by atoms with van der Waals surface area (Å²) in [7, 11) is 0. The number of rotatable bonds is 9. The fourth-order valence-electron chi connectivity index (χ4n) is 2.17. The standard InChI is InChI=1S/C19H17F4NO4/c1-2-26-16-11-12(3-9-15(16)28-19(22)23)4-10-17(25)24-13-5-7-14(8-6-13)27-18(20)21/h3-11,18-19H,2H2,1H3,(H,24,25)/b10-4+. The van der Waals surface area contributed by atoms with Gasteiger partial charge in [-0.3, -0.25) is 4.79 Å². The van der Waals surface area contributed by atoms with E-state index in [4.69, 9.17) is 4.74 Å². The number of hydrogen-bond donors (Lipinski definition) is 1. The molecule has 0 spiro atoms. The smallest absolute Gasteiger partial charge is 0.387 e. The first-order valence-corrected chi connectivity index (χ1v) is 8.13. The fraction of sp³-hybridized carbons (Fsp3) is 0.211. The first-order valence-electron chi connectivity index (χ1n) is 8.13. The molecule has 0 aliphatic rings. The molecular formula is C19H17F4NO4. The van der Waals surface area contributed by atoms with Crippen LogP contribution in [0.15, 0.2) is 48.5 Å². The van der Waals surface area contributed by atoms with Crippen LogP contribution in [0.1, 0.15) is 12.5 Å². The third-order valence-corrected chi connectivity index (χ3v) is 3.26. The first-order chi connectivity index (χ1) is 13.4. The molecule has 0 saturated carbocycles. The molecule has 2 aromatic carbocycles. The van der Waals surface area contributed by atoms with Crippen LogP contribution in [-0.4, -0.2) is 25.7 Å². The fourth-order valence-corrected chi connectivity index (χ4v) is 2.17. The van der Waals surface area contributed by atoms with E-state index >= 15 is 0 Å². The monoisotopic (exact) mass is 399 g/mol. The molecule has 0 radical (unpaired) electrons. The number of anilines is 1. The molecule has 0 aromatic heterocycles. The van der Waals surface area contributed by atoms with E-state index in [1.54, 1.807) is 6.92 Å². The summed E-state index contributed by atoms with van der Waals surface area (Å²) in [5.74, 6) is -0.490. The van der Waals surface area contributed by atoms with Crippen LogP contribution in [0.5, 0.6) is 17.2 Å². The van der Waals surface area contributed by atoms with E-state index in [0.29, 0.717) is 11.3 Å². The normalized spacial score (nSPS) is 11.1. The van der Waals surface area contributed by atoms with Crippen molar-refractivity contribution in [3.05, 3.63) is 54.1 Å². The Labute approximate surface area is 158 Å². The zero-order valence-corrected chi connectivity index (χ0v) is 14.7. The van der Waals surface area contributed by atoms with E-state index in [-0.39, 0.29) is 23.9 Å². The number of ether oxygens (including phenoxy) is 3. The lowest BCUT2D eigenvalue weighted by molar-refractivity contribution is -0.111. The van der Waals surface area contributed by atoms with Crippen LogP contribution >= 0.6 is 0 Å². The number of halogens is 4. The average molecular weight is 399 g/mol. The first kappa shape index (κ1) is 21.1. The summed E-state index contributed by atoms with van der Waals surface area (Å²) in [6.45, 7) is -3.97. The van der Waals surface area contributed by atoms with Gasteiger partial charge in [0.15, 0.2) is 11.5 Å². The second kappa shape index (κ2) is 10.2. The largest absolute Gasteiger partial charge is 0.490 e. The maximum Gasteiger partial charge on any atom is 0.387 e. The average Bonchev–Trinajstić information content (AvgIpc) is 2.63. The molecule has 2 rings (SSSR count). The van der Waals surface area contributed by atoms with Crippen LogP contribution < -0.4 is 19.5 Å². The highest BCUT2D eigenvalue weighted by Crippen LogP contribution is 2.30. The lowest BCUT2D eigenvalue weighted by Crippen LogP contribution is -2.08. The predicted octanol–water partition coefficient (Wildman–Crippen LogP) is 4.94. The molecule has 9 heteroatoms. The Morgan fingerprint density at radius 3 is 2.29 bits per heavy atom. The van der Waals surface area contributed by atoms with E-state index < -0.39 is 19.1 Å². The number of amides is 1. The molecule has 0 atom stereocenters. The van der Waals surface area contributed by atoms with Crippen LogP contribution in [0.2, 0.25) is 0 Å². The quantitative estimate of drug-likeness (QED) is 0.479. The minimum absolute atomic E-state index is 0.0295. The number of benzene rings is 2. The molecular weight excluding hydrogens is 382 g/mol. The Hall–Kier alpha value is -3.23. The maximum absolute atomic E-state index is 12.4. The lowest BCUT2D eigenvalue weighted by atomic mass is 10.2. The summed E-state index contributed by atoms with van der Waals surface area (Å²) < 4.78 is 62.9. The molecule has 28 heavy (non-hydrogen) atoms. The topological polar surface area (TPSA) is 56.8 Å². The third-order valence-electron chi connectivity index (χ3n) is 3.26. The highest BCUT2D eigenvalue weighted by Gasteiger charge is 2.11. The van der Waals surface area contributed by atoms with Crippen LogP contribution in [0.4, 0.5) is 23.2 Å². The van der Waals surface area contributed by atoms with Gasteiger partial charge in [0, 0.05) is 11.8 Å². The SMILES string of the molecule is CCOc1cc(/C=C/C(=O)Nc2ccc(OC(F)F)cc2)ccc1OC(F)F. The highest BCUT2D eigenvalue weighted by atomic mass is 19.3. The van der Waals surface area contributed by atoms with E-state index in [1.807, 2.05) is 0 Å². The predicted molar refractivity (Wildman–Crippen MR) is 95.0 cm³/mol. The van der Waals surface area contributed by atoms with Crippen molar-refractivity contribution in [2.75, 3.05) is 11.9 Å². The summed E-state index contributed by atoms with van der Waals surface area (Å²) in [5.41, 5.74) is 0.910. The van der Waals surface area contributed by atoms with Crippen molar-refractivity contribution in [3.8, 4) is 17.2 Å². The molecule has 1 amide bonds. The van der Waals surface area contributed by atoms with Gasteiger partial charge in [-0.25, -0.2) is 0 Å². The molecule has 0 saturated heterocycles. The minimum atomic E-state index is -2.98. The molecule has 0 bridgehead atoms. The van der Waals surface area contributed by atoms with Gasteiger partial charge in [0.1, 0.15) is 5.75 Å². The number of carbonyl (C=O) groups is 1. The number of hydrogen-bond acceptors (Lipinski definition) is 4. The van der Waals surface area contributed by atoms with Crippen molar-refractivity contribution in [3.63, 3.8) is 0 Å². The maximum atomic E-state index is 12.4. The summed E-state index contributed by atoms with van der Waals surface area (Å²) in [4.78, 5) is 12.0. The van der Waals surface area contributed by atoms with Crippen molar-refractivity contribution < 1.29 is 36.6 Å². The molecule has 5 nitrogen and oxygen atoms in total. The molecule has 1 N–H and O–H groups in total. The molecule has 0 fully saturated rings. The molecule has 0 unspecified atom stereocenters. The zero-order chi connectivity index (χ0) is 20.5. The van der Waals surface area contributed by atoms with E-state index in [1.165, 1.54) is 54.6 Å². The Morgan fingerprint density at radius 2 is 1.68 bits per heavy atom. The number of nitrogens with one attached hydrogen (secondary N) is 1.